The van der Waals surface area contributed by atoms with Gasteiger partial charge in [-0.15, -0.1) is 0 Å². The van der Waals surface area contributed by atoms with Crippen LogP contribution in [0.25, 0.3) is 0 Å². The van der Waals surface area contributed by atoms with Crippen LogP contribution >= 0.6 is 11.6 Å². The topological polar surface area (TPSA) is 21.7 Å². The molecule has 3 rings (SSSR count). The van der Waals surface area contributed by atoms with Gasteiger partial charge in [-0.05, 0) is 62.1 Å². The van der Waals surface area contributed by atoms with Gasteiger partial charge in [0.05, 0.1) is 0 Å². The summed E-state index contributed by atoms with van der Waals surface area (Å²) in [5.74, 6) is 0.820. The van der Waals surface area contributed by atoms with Gasteiger partial charge in [0, 0.05) is 31.3 Å². The molecule has 3 nitrogen and oxygen atoms in total. The van der Waals surface area contributed by atoms with Crippen molar-refractivity contribution in [3.8, 4) is 5.75 Å². The third-order valence-corrected chi connectivity index (χ3v) is 6.50. The average molecular weight is 366 g/mol. The van der Waals surface area contributed by atoms with Gasteiger partial charge in [0.2, 0.25) is 0 Å². The lowest BCUT2D eigenvalue weighted by molar-refractivity contribution is -0.0912. The Morgan fingerprint density at radius 1 is 1.12 bits per heavy atom. The van der Waals surface area contributed by atoms with E-state index in [0.717, 1.165) is 37.7 Å². The van der Waals surface area contributed by atoms with E-state index < -0.39 is 0 Å². The normalized spacial score (nSPS) is 24.2. The van der Waals surface area contributed by atoms with Crippen molar-refractivity contribution in [1.82, 2.24) is 4.90 Å². The summed E-state index contributed by atoms with van der Waals surface area (Å²) >= 11 is 6.04. The molecule has 1 saturated carbocycles. The van der Waals surface area contributed by atoms with E-state index in [-0.39, 0.29) is 5.60 Å². The minimum Gasteiger partial charge on any atom is -0.491 e. The highest BCUT2D eigenvalue weighted by molar-refractivity contribution is 6.30. The van der Waals surface area contributed by atoms with E-state index >= 15 is 0 Å². The number of ether oxygens (including phenoxy) is 2. The second-order valence-electron chi connectivity index (χ2n) is 8.56. The first-order valence-electron chi connectivity index (χ1n) is 9.59. The molecule has 1 aliphatic carbocycles. The van der Waals surface area contributed by atoms with Crippen LogP contribution in [0.3, 0.4) is 0 Å². The van der Waals surface area contributed by atoms with Crippen LogP contribution in [0.15, 0.2) is 24.3 Å². The van der Waals surface area contributed by atoms with Crippen LogP contribution in [0.1, 0.15) is 52.4 Å². The van der Waals surface area contributed by atoms with Crippen LogP contribution in [0.4, 0.5) is 0 Å². The number of methoxy groups -OCH3 is 1. The minimum absolute atomic E-state index is 0.174. The summed E-state index contributed by atoms with van der Waals surface area (Å²) in [7, 11) is 1.82. The van der Waals surface area contributed by atoms with Crippen LogP contribution in [0, 0.1) is 5.41 Å². The van der Waals surface area contributed by atoms with E-state index in [1.165, 1.54) is 25.7 Å². The fourth-order valence-electron chi connectivity index (χ4n) is 4.22. The molecule has 0 radical (unpaired) electrons. The lowest BCUT2D eigenvalue weighted by Crippen LogP contribution is -2.52. The van der Waals surface area contributed by atoms with Crippen LogP contribution in [0.5, 0.6) is 5.75 Å². The van der Waals surface area contributed by atoms with Crippen molar-refractivity contribution in [3.05, 3.63) is 29.3 Å². The number of nitrogens with zero attached hydrogens (tertiary/aromatic N) is 1. The van der Waals surface area contributed by atoms with Gasteiger partial charge >= 0.3 is 0 Å². The van der Waals surface area contributed by atoms with Gasteiger partial charge in [-0.2, -0.15) is 0 Å². The van der Waals surface area contributed by atoms with E-state index in [9.17, 15) is 0 Å². The molecular formula is C21H32ClNO2. The Bertz CT molecular complexity index is 557. The van der Waals surface area contributed by atoms with Crippen molar-refractivity contribution in [2.75, 3.05) is 26.8 Å². The Kier molecular flexibility index (Phi) is 5.97. The highest BCUT2D eigenvalue weighted by atomic mass is 35.5. The molecule has 1 saturated heterocycles. The molecule has 0 aromatic heterocycles. The molecule has 0 unspecified atom stereocenters. The van der Waals surface area contributed by atoms with Gasteiger partial charge in [-0.3, -0.25) is 0 Å². The van der Waals surface area contributed by atoms with Crippen molar-refractivity contribution >= 4 is 11.6 Å². The number of piperidine rings is 1. The van der Waals surface area contributed by atoms with E-state index in [0.29, 0.717) is 17.0 Å². The van der Waals surface area contributed by atoms with E-state index in [1.807, 2.05) is 31.4 Å². The monoisotopic (exact) mass is 365 g/mol. The number of benzene rings is 1. The zero-order valence-corrected chi connectivity index (χ0v) is 16.6. The second-order valence-corrected chi connectivity index (χ2v) is 9.00. The molecule has 0 atom stereocenters. The van der Waals surface area contributed by atoms with Gasteiger partial charge in [0.25, 0.3) is 0 Å². The summed E-state index contributed by atoms with van der Waals surface area (Å²) < 4.78 is 11.9. The molecule has 2 fully saturated rings. The van der Waals surface area contributed by atoms with Gasteiger partial charge in [-0.1, -0.05) is 31.5 Å². The Morgan fingerprint density at radius 2 is 1.80 bits per heavy atom. The number of rotatable bonds is 5. The van der Waals surface area contributed by atoms with Gasteiger partial charge in [0.1, 0.15) is 18.0 Å². The first kappa shape index (κ1) is 19.0. The van der Waals surface area contributed by atoms with Crippen molar-refractivity contribution in [3.63, 3.8) is 0 Å². The lowest BCUT2D eigenvalue weighted by atomic mass is 9.75. The first-order valence-corrected chi connectivity index (χ1v) is 9.97. The fourth-order valence-corrected chi connectivity index (χ4v) is 4.41. The molecule has 2 aliphatic rings. The summed E-state index contributed by atoms with van der Waals surface area (Å²) in [4.78, 5) is 2.69. The SMILES string of the molecule is COC1(COc2cccc(Cl)c2)CCN(C2CCC(C)(C)CC2)CC1. The third-order valence-electron chi connectivity index (χ3n) is 6.27. The standard InChI is InChI=1S/C21H32ClNO2/c1-20(2)9-7-18(8-10-20)23-13-11-21(24-3,12-14-23)16-25-19-6-4-5-17(22)15-19/h4-6,15,18H,7-14,16H2,1-3H3. The molecule has 1 aromatic rings. The maximum absolute atomic E-state index is 6.04. The van der Waals surface area contributed by atoms with Crippen molar-refractivity contribution < 1.29 is 9.47 Å². The van der Waals surface area contributed by atoms with Crippen molar-refractivity contribution in [1.29, 1.82) is 0 Å². The van der Waals surface area contributed by atoms with Crippen LogP contribution in [0.2, 0.25) is 5.02 Å². The fraction of sp³-hybridized carbons (Fsp3) is 0.714. The smallest absolute Gasteiger partial charge is 0.120 e. The van der Waals surface area contributed by atoms with E-state index in [4.69, 9.17) is 21.1 Å². The summed E-state index contributed by atoms with van der Waals surface area (Å²) in [5, 5.41) is 0.707. The second kappa shape index (κ2) is 7.85. The summed E-state index contributed by atoms with van der Waals surface area (Å²) in [6, 6.07) is 8.36. The quantitative estimate of drug-likeness (QED) is 0.718. The van der Waals surface area contributed by atoms with Crippen molar-refractivity contribution in [2.45, 2.75) is 64.0 Å². The largest absolute Gasteiger partial charge is 0.491 e. The molecule has 1 aromatic carbocycles. The molecule has 25 heavy (non-hydrogen) atoms. The molecule has 0 bridgehead atoms. The molecule has 0 amide bonds. The van der Waals surface area contributed by atoms with Gasteiger partial charge in [0.15, 0.2) is 0 Å². The first-order chi connectivity index (χ1) is 11.9. The predicted molar refractivity (Wildman–Crippen MR) is 104 cm³/mol. The molecule has 140 valence electrons. The maximum atomic E-state index is 6.04. The summed E-state index contributed by atoms with van der Waals surface area (Å²) in [6.07, 6.45) is 7.44. The van der Waals surface area contributed by atoms with Gasteiger partial charge < -0.3 is 14.4 Å². The summed E-state index contributed by atoms with van der Waals surface area (Å²) in [5.41, 5.74) is 0.361. The molecule has 4 heteroatoms. The van der Waals surface area contributed by atoms with Crippen molar-refractivity contribution in [2.24, 2.45) is 5.41 Å². The van der Waals surface area contributed by atoms with E-state index in [2.05, 4.69) is 18.7 Å². The number of hydrogen-bond donors (Lipinski definition) is 0. The van der Waals surface area contributed by atoms with Gasteiger partial charge in [-0.25, -0.2) is 0 Å². The van der Waals surface area contributed by atoms with Crippen LogP contribution < -0.4 is 4.74 Å². The zero-order valence-electron chi connectivity index (χ0n) is 15.9. The third kappa shape index (κ3) is 4.90. The number of likely N-dealkylation sites (tertiary alicyclic amines) is 1. The zero-order chi connectivity index (χ0) is 17.9. The Balaban J connectivity index is 1.52. The van der Waals surface area contributed by atoms with Crippen LogP contribution in [-0.2, 0) is 4.74 Å². The molecule has 0 spiro atoms. The number of hydrogen-bond acceptors (Lipinski definition) is 3. The Labute approximate surface area is 157 Å². The summed E-state index contributed by atoms with van der Waals surface area (Å²) in [6.45, 7) is 7.62. The molecule has 1 heterocycles. The molecule has 0 N–H and O–H groups in total. The van der Waals surface area contributed by atoms with Crippen LogP contribution in [-0.4, -0.2) is 43.3 Å². The maximum Gasteiger partial charge on any atom is 0.120 e. The minimum atomic E-state index is -0.174. The van der Waals surface area contributed by atoms with E-state index in [1.54, 1.807) is 0 Å². The Hall–Kier alpha value is -0.770. The Morgan fingerprint density at radius 3 is 2.40 bits per heavy atom. The predicted octanol–water partition coefficient (Wildman–Crippen LogP) is 5.17. The highest BCUT2D eigenvalue weighted by Gasteiger charge is 2.39. The molecule has 1 aliphatic heterocycles. The highest BCUT2D eigenvalue weighted by Crippen LogP contribution is 2.38. The average Bonchev–Trinajstić information content (AvgIpc) is 2.61. The molecular weight excluding hydrogens is 334 g/mol. The lowest BCUT2D eigenvalue weighted by Gasteiger charge is -2.46. The number of halogens is 1.